The highest BCUT2D eigenvalue weighted by atomic mass is 79.9. The third kappa shape index (κ3) is 4.23. The SMILES string of the molecule is CCOc1cc(-c2nn[nH]n2)cc(Br)c1OCc1ccc(Cl)cc1Cl. The molecule has 0 bridgehead atoms. The van der Waals surface area contributed by atoms with E-state index < -0.39 is 0 Å². The lowest BCUT2D eigenvalue weighted by Crippen LogP contribution is -2.01. The van der Waals surface area contributed by atoms with E-state index in [0.29, 0.717) is 38.4 Å². The normalized spacial score (nSPS) is 10.7. The van der Waals surface area contributed by atoms with Gasteiger partial charge in [0.05, 0.1) is 11.1 Å². The van der Waals surface area contributed by atoms with E-state index in [9.17, 15) is 0 Å². The molecule has 1 aromatic heterocycles. The molecule has 0 aliphatic carbocycles. The molecule has 130 valence electrons. The van der Waals surface area contributed by atoms with E-state index in [1.165, 1.54) is 0 Å². The van der Waals surface area contributed by atoms with Gasteiger partial charge >= 0.3 is 0 Å². The molecule has 0 radical (unpaired) electrons. The van der Waals surface area contributed by atoms with Crippen molar-refractivity contribution < 1.29 is 9.47 Å². The molecular weight excluding hydrogens is 431 g/mol. The molecule has 6 nitrogen and oxygen atoms in total. The third-order valence-corrected chi connectivity index (χ3v) is 4.48. The highest BCUT2D eigenvalue weighted by Crippen LogP contribution is 2.39. The molecule has 9 heteroatoms. The van der Waals surface area contributed by atoms with Crippen LogP contribution in [0.15, 0.2) is 34.8 Å². The van der Waals surface area contributed by atoms with Gasteiger partial charge in [-0.3, -0.25) is 0 Å². The van der Waals surface area contributed by atoms with Crippen LogP contribution >= 0.6 is 39.1 Å². The summed E-state index contributed by atoms with van der Waals surface area (Å²) in [5, 5.41) is 15.1. The number of rotatable bonds is 6. The maximum absolute atomic E-state index is 6.19. The number of H-pyrrole nitrogens is 1. The Morgan fingerprint density at radius 2 is 2.00 bits per heavy atom. The molecule has 0 fully saturated rings. The monoisotopic (exact) mass is 442 g/mol. The fourth-order valence-electron chi connectivity index (χ4n) is 2.17. The Hall–Kier alpha value is -1.83. The number of halogens is 3. The Balaban J connectivity index is 1.89. The van der Waals surface area contributed by atoms with Crippen LogP contribution < -0.4 is 9.47 Å². The summed E-state index contributed by atoms with van der Waals surface area (Å²) >= 11 is 15.6. The summed E-state index contributed by atoms with van der Waals surface area (Å²) in [5.41, 5.74) is 1.57. The summed E-state index contributed by atoms with van der Waals surface area (Å²) in [4.78, 5) is 0. The van der Waals surface area contributed by atoms with Crippen LogP contribution in [0.25, 0.3) is 11.4 Å². The molecule has 0 amide bonds. The predicted molar refractivity (Wildman–Crippen MR) is 99.3 cm³/mol. The van der Waals surface area contributed by atoms with Crippen molar-refractivity contribution in [3.05, 3.63) is 50.4 Å². The Kier molecular flexibility index (Phi) is 5.78. The molecule has 0 aliphatic rings. The van der Waals surface area contributed by atoms with Crippen LogP contribution in [0.1, 0.15) is 12.5 Å². The van der Waals surface area contributed by atoms with Crippen LogP contribution in [0.2, 0.25) is 10.0 Å². The zero-order chi connectivity index (χ0) is 17.8. The Morgan fingerprint density at radius 3 is 2.68 bits per heavy atom. The van der Waals surface area contributed by atoms with Crippen molar-refractivity contribution >= 4 is 39.1 Å². The molecule has 25 heavy (non-hydrogen) atoms. The topological polar surface area (TPSA) is 72.9 Å². The van der Waals surface area contributed by atoms with Crippen LogP contribution in [0, 0.1) is 0 Å². The van der Waals surface area contributed by atoms with Crippen molar-refractivity contribution in [1.29, 1.82) is 0 Å². The van der Waals surface area contributed by atoms with Gasteiger partial charge in [0, 0.05) is 21.2 Å². The average molecular weight is 444 g/mol. The molecule has 0 spiro atoms. The summed E-state index contributed by atoms with van der Waals surface area (Å²) in [6, 6.07) is 8.92. The first kappa shape index (κ1) is 18.0. The first-order valence-electron chi connectivity index (χ1n) is 7.35. The summed E-state index contributed by atoms with van der Waals surface area (Å²) in [7, 11) is 0. The first-order chi connectivity index (χ1) is 12.1. The summed E-state index contributed by atoms with van der Waals surface area (Å²) in [6.45, 7) is 2.66. The zero-order valence-corrected chi connectivity index (χ0v) is 16.2. The van der Waals surface area contributed by atoms with Gasteiger partial charge in [-0.15, -0.1) is 10.2 Å². The number of aromatic amines is 1. The fourth-order valence-corrected chi connectivity index (χ4v) is 3.19. The van der Waals surface area contributed by atoms with E-state index in [0.717, 1.165) is 11.1 Å². The molecule has 0 atom stereocenters. The van der Waals surface area contributed by atoms with Crippen LogP contribution in [0.4, 0.5) is 0 Å². The van der Waals surface area contributed by atoms with Crippen molar-refractivity contribution in [2.24, 2.45) is 0 Å². The zero-order valence-electron chi connectivity index (χ0n) is 13.1. The van der Waals surface area contributed by atoms with Gasteiger partial charge in [-0.2, -0.15) is 5.21 Å². The molecule has 0 saturated carbocycles. The molecule has 0 unspecified atom stereocenters. The van der Waals surface area contributed by atoms with Gasteiger partial charge in [0.1, 0.15) is 6.61 Å². The minimum Gasteiger partial charge on any atom is -0.490 e. The number of tetrazole rings is 1. The lowest BCUT2D eigenvalue weighted by molar-refractivity contribution is 0.268. The lowest BCUT2D eigenvalue weighted by Gasteiger charge is -2.15. The quantitative estimate of drug-likeness (QED) is 0.585. The minimum absolute atomic E-state index is 0.274. The van der Waals surface area contributed by atoms with Crippen LogP contribution in [0.3, 0.4) is 0 Å². The largest absolute Gasteiger partial charge is 0.490 e. The molecule has 3 rings (SSSR count). The first-order valence-corrected chi connectivity index (χ1v) is 8.90. The van der Waals surface area contributed by atoms with E-state index >= 15 is 0 Å². The predicted octanol–water partition coefficient (Wildman–Crippen LogP) is 4.91. The highest BCUT2D eigenvalue weighted by Gasteiger charge is 2.16. The second kappa shape index (κ2) is 8.03. The van der Waals surface area contributed by atoms with Crippen molar-refractivity contribution in [3.63, 3.8) is 0 Å². The van der Waals surface area contributed by atoms with E-state index in [1.807, 2.05) is 19.1 Å². The molecule has 1 heterocycles. The van der Waals surface area contributed by atoms with Crippen molar-refractivity contribution in [1.82, 2.24) is 20.6 Å². The second-order valence-electron chi connectivity index (χ2n) is 4.98. The molecular formula is C16H13BrCl2N4O2. The Morgan fingerprint density at radius 1 is 1.16 bits per heavy atom. The second-order valence-corrected chi connectivity index (χ2v) is 6.68. The summed E-state index contributed by atoms with van der Waals surface area (Å²) in [6.07, 6.45) is 0. The van der Waals surface area contributed by atoms with Gasteiger partial charge in [-0.05, 0) is 52.3 Å². The van der Waals surface area contributed by atoms with Crippen LogP contribution in [-0.4, -0.2) is 27.2 Å². The van der Waals surface area contributed by atoms with E-state index in [2.05, 4.69) is 36.6 Å². The van der Waals surface area contributed by atoms with Crippen molar-refractivity contribution in [2.45, 2.75) is 13.5 Å². The highest BCUT2D eigenvalue weighted by molar-refractivity contribution is 9.10. The standard InChI is InChI=1S/C16H13BrCl2N4O2/c1-2-24-14-6-10(16-20-22-23-21-16)5-12(17)15(14)25-8-9-3-4-11(18)7-13(9)19/h3-7H,2,8H2,1H3,(H,20,21,22,23). The maximum atomic E-state index is 6.19. The van der Waals surface area contributed by atoms with Gasteiger partial charge in [0.2, 0.25) is 5.82 Å². The molecule has 0 saturated heterocycles. The summed E-state index contributed by atoms with van der Waals surface area (Å²) < 4.78 is 12.3. The lowest BCUT2D eigenvalue weighted by atomic mass is 10.2. The van der Waals surface area contributed by atoms with Crippen molar-refractivity contribution in [2.75, 3.05) is 6.61 Å². The Bertz CT molecular complexity index is 875. The van der Waals surface area contributed by atoms with E-state index in [4.69, 9.17) is 32.7 Å². The maximum Gasteiger partial charge on any atom is 0.204 e. The number of nitrogens with zero attached hydrogens (tertiary/aromatic N) is 3. The van der Waals surface area contributed by atoms with Crippen LogP contribution in [-0.2, 0) is 6.61 Å². The number of hydrogen-bond acceptors (Lipinski definition) is 5. The molecule has 1 N–H and O–H groups in total. The molecule has 2 aromatic carbocycles. The van der Waals surface area contributed by atoms with E-state index in [1.54, 1.807) is 18.2 Å². The number of benzene rings is 2. The molecule has 3 aromatic rings. The molecule has 0 aliphatic heterocycles. The van der Waals surface area contributed by atoms with Gasteiger partial charge in [0.25, 0.3) is 0 Å². The van der Waals surface area contributed by atoms with Gasteiger partial charge in [-0.1, -0.05) is 29.3 Å². The van der Waals surface area contributed by atoms with E-state index in [-0.39, 0.29) is 6.61 Å². The number of ether oxygens (including phenoxy) is 2. The smallest absolute Gasteiger partial charge is 0.204 e. The number of hydrogen-bond donors (Lipinski definition) is 1. The average Bonchev–Trinajstić information content (AvgIpc) is 3.10. The van der Waals surface area contributed by atoms with Gasteiger partial charge in [-0.25, -0.2) is 0 Å². The van der Waals surface area contributed by atoms with Gasteiger partial charge in [0.15, 0.2) is 11.5 Å². The number of nitrogens with one attached hydrogen (secondary N) is 1. The summed E-state index contributed by atoms with van der Waals surface area (Å²) in [5.74, 6) is 1.61. The Labute approximate surface area is 162 Å². The third-order valence-electron chi connectivity index (χ3n) is 3.30. The fraction of sp³-hybridized carbons (Fsp3) is 0.188. The number of aromatic nitrogens is 4. The van der Waals surface area contributed by atoms with Crippen molar-refractivity contribution in [3.8, 4) is 22.9 Å². The van der Waals surface area contributed by atoms with Gasteiger partial charge < -0.3 is 9.47 Å². The van der Waals surface area contributed by atoms with Crippen LogP contribution in [0.5, 0.6) is 11.5 Å². The minimum atomic E-state index is 0.274.